The average molecular weight is 634 g/mol. The number of nitrogens with zero attached hydrogens (tertiary/aromatic N) is 3. The lowest BCUT2D eigenvalue weighted by molar-refractivity contribution is 0.630. The van der Waals surface area contributed by atoms with Crippen LogP contribution in [0.4, 0.5) is 0 Å². The maximum atomic E-state index is 6.49. The minimum absolute atomic E-state index is 0.175. The van der Waals surface area contributed by atoms with Crippen molar-refractivity contribution < 1.29 is 4.42 Å². The normalized spacial score (nSPS) is 13.8. The molecule has 11 rings (SSSR count). The number of thiophene rings is 1. The van der Waals surface area contributed by atoms with Crippen LogP contribution in [0.1, 0.15) is 25.0 Å². The van der Waals surface area contributed by atoms with E-state index in [0.29, 0.717) is 5.82 Å². The fourth-order valence-corrected chi connectivity index (χ4v) is 9.38. The van der Waals surface area contributed by atoms with E-state index in [1.165, 1.54) is 48.0 Å². The molecule has 5 heteroatoms. The van der Waals surface area contributed by atoms with Crippen LogP contribution in [0.5, 0.6) is 0 Å². The molecule has 4 aromatic heterocycles. The molecule has 0 spiro atoms. The van der Waals surface area contributed by atoms with Gasteiger partial charge in [-0.2, -0.15) is 0 Å². The second-order valence-electron chi connectivity index (χ2n) is 13.4. The molecule has 0 radical (unpaired) electrons. The quantitative estimate of drug-likeness (QED) is 0.190. The summed E-state index contributed by atoms with van der Waals surface area (Å²) in [5, 5.41) is 7.17. The SMILES string of the molecule is CC1(C)c2ccc(-c3nc(-c4cccc5c4oc4ccccc45)c4ccccc4n3)cc2-n2c3sc4ccccc4c3c3cccc1c32. The van der Waals surface area contributed by atoms with Crippen LogP contribution >= 0.6 is 11.3 Å². The first kappa shape index (κ1) is 26.3. The molecule has 0 aliphatic carbocycles. The molecular formula is C43H27N3OS. The molecule has 0 fully saturated rings. The Morgan fingerprint density at radius 2 is 1.40 bits per heavy atom. The summed E-state index contributed by atoms with van der Waals surface area (Å²) in [4.78, 5) is 11.8. The van der Waals surface area contributed by atoms with E-state index in [-0.39, 0.29) is 5.41 Å². The molecule has 48 heavy (non-hydrogen) atoms. The molecule has 10 aromatic rings. The number of rotatable bonds is 2. The van der Waals surface area contributed by atoms with Crippen LogP contribution < -0.4 is 0 Å². The molecule has 1 aliphatic heterocycles. The van der Waals surface area contributed by atoms with E-state index in [1.807, 2.05) is 29.5 Å². The smallest absolute Gasteiger partial charge is 0.160 e. The number of furan rings is 1. The molecule has 1 aliphatic rings. The minimum Gasteiger partial charge on any atom is -0.455 e. The molecule has 0 bridgehead atoms. The third-order valence-corrected chi connectivity index (χ3v) is 11.6. The fourth-order valence-electron chi connectivity index (χ4n) is 8.15. The Hall–Kier alpha value is -5.78. The molecular weight excluding hydrogens is 607 g/mol. The van der Waals surface area contributed by atoms with Gasteiger partial charge in [-0.05, 0) is 41.5 Å². The summed E-state index contributed by atoms with van der Waals surface area (Å²) in [6.45, 7) is 4.70. The first-order chi connectivity index (χ1) is 23.6. The number of aromatic nitrogens is 3. The third kappa shape index (κ3) is 3.33. The van der Waals surface area contributed by atoms with Crippen LogP contribution in [-0.4, -0.2) is 14.5 Å². The lowest BCUT2D eigenvalue weighted by Crippen LogP contribution is -2.26. The van der Waals surface area contributed by atoms with Crippen molar-refractivity contribution in [3.05, 3.63) is 139 Å². The molecule has 0 unspecified atom stereocenters. The van der Waals surface area contributed by atoms with E-state index in [2.05, 4.69) is 128 Å². The van der Waals surface area contributed by atoms with Gasteiger partial charge in [0.2, 0.25) is 0 Å². The Balaban J connectivity index is 1.20. The molecule has 0 N–H and O–H groups in total. The van der Waals surface area contributed by atoms with Gasteiger partial charge in [-0.15, -0.1) is 11.3 Å². The lowest BCUT2D eigenvalue weighted by atomic mass is 9.74. The van der Waals surface area contributed by atoms with Gasteiger partial charge in [0.1, 0.15) is 16.0 Å². The highest BCUT2D eigenvalue weighted by Crippen LogP contribution is 2.51. The van der Waals surface area contributed by atoms with E-state index in [9.17, 15) is 0 Å². The van der Waals surface area contributed by atoms with Crippen molar-refractivity contribution in [1.29, 1.82) is 0 Å². The van der Waals surface area contributed by atoms with Crippen LogP contribution in [0.2, 0.25) is 0 Å². The summed E-state index contributed by atoms with van der Waals surface area (Å²) >= 11 is 1.87. The maximum Gasteiger partial charge on any atom is 0.160 e. The number of benzene rings is 6. The van der Waals surface area contributed by atoms with Crippen LogP contribution in [-0.2, 0) is 5.41 Å². The standard InChI is InChI=1S/C43H27N3OS/c1-43(2)31-22-21-24(23-34(31)46-39-29(15-10-17-32(39)43)37-28-13-5-8-20-36(28)48-42(37)46)41-44-33-18-6-3-12-27(33)38(45-41)30-16-9-14-26-25-11-4-7-19-35(25)47-40(26)30/h3-23H,1-2H3. The van der Waals surface area contributed by atoms with Gasteiger partial charge in [0.05, 0.1) is 22.4 Å². The van der Waals surface area contributed by atoms with Gasteiger partial charge in [-0.25, -0.2) is 9.97 Å². The average Bonchev–Trinajstić information content (AvgIpc) is 3.79. The van der Waals surface area contributed by atoms with E-state index in [1.54, 1.807) is 0 Å². The molecule has 0 saturated heterocycles. The van der Waals surface area contributed by atoms with E-state index in [4.69, 9.17) is 14.4 Å². The largest absolute Gasteiger partial charge is 0.455 e. The molecule has 0 amide bonds. The Morgan fingerprint density at radius 3 is 2.31 bits per heavy atom. The first-order valence-corrected chi connectivity index (χ1v) is 17.2. The number of hydrogen-bond acceptors (Lipinski definition) is 4. The Labute approximate surface area is 279 Å². The zero-order valence-corrected chi connectivity index (χ0v) is 27.1. The van der Waals surface area contributed by atoms with Crippen LogP contribution in [0.25, 0.3) is 92.4 Å². The molecule has 5 heterocycles. The fraction of sp³-hybridized carbons (Fsp3) is 0.0698. The Kier molecular flexibility index (Phi) is 5.03. The lowest BCUT2D eigenvalue weighted by Gasteiger charge is -2.34. The van der Waals surface area contributed by atoms with Crippen molar-refractivity contribution in [2.75, 3.05) is 0 Å². The predicted molar refractivity (Wildman–Crippen MR) is 200 cm³/mol. The minimum atomic E-state index is -0.175. The molecule has 0 atom stereocenters. The van der Waals surface area contributed by atoms with Gasteiger partial charge in [0.25, 0.3) is 0 Å². The summed E-state index contributed by atoms with van der Waals surface area (Å²) in [7, 11) is 0. The van der Waals surface area contributed by atoms with Crippen molar-refractivity contribution in [3.8, 4) is 28.3 Å². The van der Waals surface area contributed by atoms with E-state index in [0.717, 1.165) is 49.7 Å². The van der Waals surface area contributed by atoms with Gasteiger partial charge >= 0.3 is 0 Å². The number of para-hydroxylation sites is 4. The second-order valence-corrected chi connectivity index (χ2v) is 14.4. The van der Waals surface area contributed by atoms with Crippen molar-refractivity contribution >= 4 is 75.4 Å². The number of hydrogen-bond donors (Lipinski definition) is 0. The zero-order chi connectivity index (χ0) is 31.7. The Morgan fingerprint density at radius 1 is 0.646 bits per heavy atom. The summed E-state index contributed by atoms with van der Waals surface area (Å²) in [6.07, 6.45) is 0. The highest BCUT2D eigenvalue weighted by Gasteiger charge is 2.36. The molecule has 6 aromatic carbocycles. The van der Waals surface area contributed by atoms with Gasteiger partial charge in [-0.3, -0.25) is 0 Å². The van der Waals surface area contributed by atoms with E-state index < -0.39 is 0 Å². The van der Waals surface area contributed by atoms with Crippen LogP contribution in [0.15, 0.2) is 132 Å². The van der Waals surface area contributed by atoms with Crippen molar-refractivity contribution in [1.82, 2.24) is 14.5 Å². The van der Waals surface area contributed by atoms with Crippen LogP contribution in [0.3, 0.4) is 0 Å². The maximum absolute atomic E-state index is 6.49. The zero-order valence-electron chi connectivity index (χ0n) is 26.3. The van der Waals surface area contributed by atoms with Gasteiger partial charge in [-0.1, -0.05) is 111 Å². The monoisotopic (exact) mass is 633 g/mol. The van der Waals surface area contributed by atoms with Crippen molar-refractivity contribution in [2.24, 2.45) is 0 Å². The summed E-state index contributed by atoms with van der Waals surface area (Å²) < 4.78 is 10.3. The Bertz CT molecular complexity index is 2990. The van der Waals surface area contributed by atoms with Gasteiger partial charge < -0.3 is 8.98 Å². The molecule has 4 nitrogen and oxygen atoms in total. The summed E-state index contributed by atoms with van der Waals surface area (Å²) in [5.74, 6) is 0.701. The first-order valence-electron chi connectivity index (χ1n) is 16.3. The van der Waals surface area contributed by atoms with E-state index >= 15 is 0 Å². The molecule has 0 saturated carbocycles. The van der Waals surface area contributed by atoms with Crippen LogP contribution in [0, 0.1) is 0 Å². The van der Waals surface area contributed by atoms with Crippen molar-refractivity contribution in [3.63, 3.8) is 0 Å². The second kappa shape index (κ2) is 9.18. The van der Waals surface area contributed by atoms with Gasteiger partial charge in [0.15, 0.2) is 5.82 Å². The predicted octanol–water partition coefficient (Wildman–Crippen LogP) is 11.8. The topological polar surface area (TPSA) is 43.9 Å². The highest BCUT2D eigenvalue weighted by molar-refractivity contribution is 7.25. The third-order valence-electron chi connectivity index (χ3n) is 10.4. The molecule has 226 valence electrons. The summed E-state index contributed by atoms with van der Waals surface area (Å²) in [5.41, 5.74) is 10.4. The van der Waals surface area contributed by atoms with Gasteiger partial charge in [0, 0.05) is 53.6 Å². The highest BCUT2D eigenvalue weighted by atomic mass is 32.1. The number of fused-ring (bicyclic) bond motifs is 11. The summed E-state index contributed by atoms with van der Waals surface area (Å²) in [6, 6.07) is 45.3. The van der Waals surface area contributed by atoms with Crippen molar-refractivity contribution in [2.45, 2.75) is 19.3 Å².